The van der Waals surface area contributed by atoms with Crippen molar-refractivity contribution in [1.82, 2.24) is 0 Å². The molecule has 0 atom stereocenters. The van der Waals surface area contributed by atoms with Crippen molar-refractivity contribution < 1.29 is 47.5 Å². The molecule has 0 rings (SSSR count). The Labute approximate surface area is 157 Å². The van der Waals surface area contributed by atoms with Crippen molar-refractivity contribution >= 4 is 108 Å². The molecule has 0 aromatic heterocycles. The van der Waals surface area contributed by atoms with Crippen LogP contribution in [0.2, 0.25) is 0 Å². The van der Waals surface area contributed by atoms with E-state index in [9.17, 15) is 19.8 Å². The summed E-state index contributed by atoms with van der Waals surface area (Å²) in [7, 11) is 0. The topological polar surface area (TPSA) is 80.3 Å². The van der Waals surface area contributed by atoms with Gasteiger partial charge < -0.3 is 19.8 Å². The van der Waals surface area contributed by atoms with Crippen LogP contribution < -0.4 is 10.2 Å². The van der Waals surface area contributed by atoms with Gasteiger partial charge in [0.15, 0.2) is 4.29 Å². The molecular weight excluding hydrogens is 792 g/mol. The van der Waals surface area contributed by atoms with Gasteiger partial charge in [0.25, 0.3) is 0 Å². The quantitative estimate of drug-likeness (QED) is 0.273. The van der Waals surface area contributed by atoms with E-state index in [1.807, 2.05) is 0 Å². The number of carbonyl (C=O) groups is 2. The molecule has 0 aromatic carbocycles. The Bertz CT molecular complexity index is 196. The van der Waals surface area contributed by atoms with Crippen LogP contribution in [-0.4, -0.2) is 16.2 Å². The number of carboxylic acids is 2. The summed E-state index contributed by atoms with van der Waals surface area (Å²) in [5.41, 5.74) is 0. The van der Waals surface area contributed by atoms with Crippen LogP contribution in [0.3, 0.4) is 0 Å². The number of aliphatic carboxylic acids is 2. The van der Waals surface area contributed by atoms with Gasteiger partial charge in [-0.2, -0.15) is 0 Å². The Morgan fingerprint density at radius 2 is 0.800 bits per heavy atom. The average molecular weight is 792 g/mol. The first-order valence-corrected chi connectivity index (χ1v) is 7.21. The van der Waals surface area contributed by atoms with E-state index in [1.165, 1.54) is 0 Å². The van der Waals surface area contributed by atoms with Gasteiger partial charge in [0.1, 0.15) is 0 Å². The van der Waals surface area contributed by atoms with E-state index in [2.05, 4.69) is 95.6 Å². The van der Waals surface area contributed by atoms with Gasteiger partial charge in [-0.15, -0.1) is 0 Å². The zero-order valence-electron chi connectivity index (χ0n) is 6.61. The van der Waals surface area contributed by atoms with Crippen molar-refractivity contribution in [1.29, 1.82) is 0 Å². The Morgan fingerprint density at radius 3 is 0.800 bits per heavy atom. The van der Waals surface area contributed by atoms with Crippen LogP contribution in [0.1, 0.15) is 0 Å². The summed E-state index contributed by atoms with van der Waals surface area (Å²) < 4.78 is -2.51. The van der Waals surface area contributed by atoms with E-state index in [0.29, 0.717) is 0 Å². The summed E-state index contributed by atoms with van der Waals surface area (Å²) in [6.45, 7) is 0. The summed E-state index contributed by atoms with van der Waals surface area (Å²) in [6.07, 6.45) is 0. The molecule has 0 aromatic rings. The summed E-state index contributed by atoms with van der Waals surface area (Å²) in [4.78, 5) is 19.5. The van der Waals surface area contributed by atoms with E-state index in [-0.39, 0.29) is 27.7 Å². The summed E-state index contributed by atoms with van der Waals surface area (Å²) >= 11 is 16.3. The number of halogens is 6. The van der Waals surface area contributed by atoms with E-state index in [0.717, 1.165) is 0 Å². The van der Waals surface area contributed by atoms with Crippen LogP contribution in [0.5, 0.6) is 0 Å². The van der Waals surface area contributed by atoms with Gasteiger partial charge in [-0.3, -0.25) is 0 Å². The van der Waals surface area contributed by atoms with Crippen molar-refractivity contribution in [2.75, 3.05) is 0 Å². The van der Waals surface area contributed by atoms with E-state index < -0.39 is 16.2 Å². The number of carboxylic acid groups (broad SMARTS) is 2. The molecule has 0 unspecified atom stereocenters. The fourth-order valence-electron chi connectivity index (χ4n) is 0. The average Bonchev–Trinajstić information content (AvgIpc) is 1.83. The zero-order chi connectivity index (χ0) is 12.2. The smallest absolute Gasteiger partial charge is 0.547 e. The maximum absolute atomic E-state index is 9.77. The van der Waals surface area contributed by atoms with E-state index in [1.54, 1.807) is 0 Å². The van der Waals surface area contributed by atoms with Crippen LogP contribution in [0, 0.1) is 0 Å². The number of hydrogen-bond acceptors (Lipinski definition) is 4. The molecule has 0 amide bonds. The molecule has 0 heterocycles. The van der Waals surface area contributed by atoms with Crippen molar-refractivity contribution in [2.45, 2.75) is 4.29 Å². The van der Waals surface area contributed by atoms with Crippen molar-refractivity contribution in [3.63, 3.8) is 0 Å². The number of rotatable bonds is 0. The Balaban J connectivity index is -0.000000180. The Hall–Kier alpha value is 2.76. The predicted octanol–water partition coefficient (Wildman–Crippen LogP) is 1.15. The maximum atomic E-state index is 9.77. The first kappa shape index (κ1) is 22.9. The second-order valence-electron chi connectivity index (χ2n) is 1.57. The normalized spacial score (nSPS) is 10.5. The minimum Gasteiger partial charge on any atom is -0.547 e. The summed E-state index contributed by atoms with van der Waals surface area (Å²) in [6, 6.07) is 0. The molecular formula is C4Br6HgO4. The van der Waals surface area contributed by atoms with Gasteiger partial charge in [0, 0.05) is 0 Å². The Kier molecular flexibility index (Phi) is 14.7. The second-order valence-corrected chi connectivity index (χ2v) is 15.1. The molecule has 0 bridgehead atoms. The van der Waals surface area contributed by atoms with Gasteiger partial charge in [-0.05, 0) is 0 Å². The molecule has 0 saturated carbocycles. The molecule has 0 saturated heterocycles. The molecule has 0 radical (unpaired) electrons. The van der Waals surface area contributed by atoms with Gasteiger partial charge >= 0.3 is 27.7 Å². The third kappa shape index (κ3) is 16.8. The fourth-order valence-corrected chi connectivity index (χ4v) is 0. The SMILES string of the molecule is O=C([O-])C(Br)(Br)Br.O=C([O-])C(Br)(Br)Br.[Hg+2]. The van der Waals surface area contributed by atoms with Crippen molar-refractivity contribution in [2.24, 2.45) is 0 Å². The van der Waals surface area contributed by atoms with Gasteiger partial charge in [-0.1, -0.05) is 95.6 Å². The molecule has 0 spiro atoms. The summed E-state index contributed by atoms with van der Waals surface area (Å²) in [5, 5.41) is 19.5. The third-order valence-corrected chi connectivity index (χ3v) is 2.41. The molecule has 0 N–H and O–H groups in total. The first-order valence-electron chi connectivity index (χ1n) is 2.45. The second kappa shape index (κ2) is 9.65. The Morgan fingerprint density at radius 1 is 0.733 bits per heavy atom. The van der Waals surface area contributed by atoms with Crippen LogP contribution in [-0.2, 0) is 37.3 Å². The molecule has 15 heavy (non-hydrogen) atoms. The van der Waals surface area contributed by atoms with Gasteiger partial charge in [0.05, 0.1) is 11.9 Å². The number of alkyl halides is 6. The molecule has 84 valence electrons. The minimum atomic E-state index is -1.26. The fraction of sp³-hybridized carbons (Fsp3) is 0.500. The standard InChI is InChI=1S/2C2HBr3O2.Hg/c2*3-2(4,5)1(6)7;/h2*(H,6,7);/q;;+2/p-2. The third-order valence-electron chi connectivity index (χ3n) is 0.463. The zero-order valence-corrected chi connectivity index (χ0v) is 21.6. The molecule has 11 heteroatoms. The molecule has 0 aliphatic rings. The maximum Gasteiger partial charge on any atom is 2.00 e. The van der Waals surface area contributed by atoms with Gasteiger partial charge in [-0.25, -0.2) is 0 Å². The monoisotopic (exact) mass is 787 g/mol. The van der Waals surface area contributed by atoms with Crippen LogP contribution >= 0.6 is 95.6 Å². The van der Waals surface area contributed by atoms with Crippen LogP contribution in [0.4, 0.5) is 0 Å². The molecule has 4 nitrogen and oxygen atoms in total. The van der Waals surface area contributed by atoms with E-state index >= 15 is 0 Å². The number of carbonyl (C=O) groups excluding carboxylic acids is 2. The van der Waals surface area contributed by atoms with Crippen LogP contribution in [0.25, 0.3) is 0 Å². The first-order chi connectivity index (χ1) is 5.89. The van der Waals surface area contributed by atoms with Crippen LogP contribution in [0.15, 0.2) is 0 Å². The largest absolute Gasteiger partial charge is 2.00 e. The number of hydrogen-bond donors (Lipinski definition) is 0. The predicted molar refractivity (Wildman–Crippen MR) is 69.0 cm³/mol. The molecule has 0 aliphatic heterocycles. The summed E-state index contributed by atoms with van der Waals surface area (Å²) in [5.74, 6) is -2.51. The molecule has 0 fully saturated rings. The van der Waals surface area contributed by atoms with Crippen molar-refractivity contribution in [3.05, 3.63) is 0 Å². The van der Waals surface area contributed by atoms with Crippen molar-refractivity contribution in [3.8, 4) is 0 Å². The minimum absolute atomic E-state index is 0. The van der Waals surface area contributed by atoms with Gasteiger partial charge in [0.2, 0.25) is 0 Å². The van der Waals surface area contributed by atoms with E-state index in [4.69, 9.17) is 0 Å². The molecule has 0 aliphatic carbocycles.